The molecule has 2 aromatic heterocycles. The standard InChI is InChI=1S/C67H44N2O2/c1-7-23-45(24-8-1)46-39-41-52(42-40-46)69(51-33-17-6-18-34-51)58-44-55-63(62-54-36-20-22-38-60(54)70-65(58)62)64-56(67(55,47-25-9-2-10-26-47)48-27-11-3-12-28-48)43-57(61-53-35-19-21-37-59(53)71-66(61)64)68(49-29-13-4-14-30-49)50-31-15-5-16-32-50/h1-44H. The van der Waals surface area contributed by atoms with E-state index in [9.17, 15) is 0 Å². The smallest absolute Gasteiger partial charge is 0.160 e. The van der Waals surface area contributed by atoms with Gasteiger partial charge < -0.3 is 18.6 Å². The molecule has 1 aliphatic carbocycles. The number of hydrogen-bond donors (Lipinski definition) is 0. The zero-order chi connectivity index (χ0) is 46.9. The number of rotatable bonds is 9. The van der Waals surface area contributed by atoms with Crippen molar-refractivity contribution in [2.45, 2.75) is 5.41 Å². The molecule has 0 bridgehead atoms. The quantitative estimate of drug-likeness (QED) is 0.144. The summed E-state index contributed by atoms with van der Waals surface area (Å²) >= 11 is 0. The van der Waals surface area contributed by atoms with Gasteiger partial charge in [-0.25, -0.2) is 0 Å². The lowest BCUT2D eigenvalue weighted by Crippen LogP contribution is -2.29. The first-order valence-corrected chi connectivity index (χ1v) is 24.3. The Bertz CT molecular complexity index is 4000. The van der Waals surface area contributed by atoms with Crippen LogP contribution in [0.2, 0.25) is 0 Å². The second kappa shape index (κ2) is 16.4. The minimum absolute atomic E-state index is 0.798. The second-order valence-electron chi connectivity index (χ2n) is 18.3. The van der Waals surface area contributed by atoms with Crippen molar-refractivity contribution in [2.24, 2.45) is 0 Å². The van der Waals surface area contributed by atoms with Crippen LogP contribution in [-0.2, 0) is 5.41 Å². The van der Waals surface area contributed by atoms with Crippen LogP contribution in [0.1, 0.15) is 22.3 Å². The van der Waals surface area contributed by atoms with Crippen LogP contribution in [0.4, 0.5) is 34.1 Å². The molecule has 0 saturated carbocycles. The number of benzene rings is 11. The zero-order valence-corrected chi connectivity index (χ0v) is 38.6. The average molecular weight is 909 g/mol. The van der Waals surface area contributed by atoms with E-state index in [4.69, 9.17) is 8.83 Å². The molecule has 4 nitrogen and oxygen atoms in total. The van der Waals surface area contributed by atoms with Crippen LogP contribution in [0.25, 0.3) is 66.1 Å². The molecule has 0 radical (unpaired) electrons. The van der Waals surface area contributed by atoms with Crippen molar-refractivity contribution < 1.29 is 8.83 Å². The summed E-state index contributed by atoms with van der Waals surface area (Å²) in [6, 6.07) is 95.7. The third kappa shape index (κ3) is 6.25. The third-order valence-corrected chi connectivity index (χ3v) is 14.5. The molecule has 0 unspecified atom stereocenters. The fourth-order valence-corrected chi connectivity index (χ4v) is 11.5. The zero-order valence-electron chi connectivity index (χ0n) is 38.6. The number of anilines is 6. The highest BCUT2D eigenvalue weighted by Crippen LogP contribution is 2.64. The van der Waals surface area contributed by atoms with Crippen LogP contribution >= 0.6 is 0 Å². The molecule has 0 saturated heterocycles. The Morgan fingerprint density at radius 3 is 1.21 bits per heavy atom. The van der Waals surface area contributed by atoms with Crippen molar-refractivity contribution >= 4 is 78.0 Å². The predicted octanol–water partition coefficient (Wildman–Crippen LogP) is 18.5. The lowest BCUT2D eigenvalue weighted by molar-refractivity contribution is 0.668. The molecular weight excluding hydrogens is 865 g/mol. The number of para-hydroxylation sites is 5. The first kappa shape index (κ1) is 40.7. The van der Waals surface area contributed by atoms with Gasteiger partial charge in [-0.2, -0.15) is 0 Å². The Balaban J connectivity index is 1.18. The van der Waals surface area contributed by atoms with Crippen molar-refractivity contribution in [3.8, 4) is 22.3 Å². The SMILES string of the molecule is c1ccc(-c2ccc(N(c3ccccc3)c3cc4c(c5c3oc3ccccc35)-c3c(cc(N(c5ccccc5)c5ccccc5)c5c3oc3ccccc35)C4(c3ccccc3)c3ccccc3)cc2)cc1. The van der Waals surface area contributed by atoms with E-state index in [-0.39, 0.29) is 0 Å². The van der Waals surface area contributed by atoms with Crippen LogP contribution in [0, 0.1) is 0 Å². The van der Waals surface area contributed by atoms with E-state index in [1.54, 1.807) is 0 Å². The minimum atomic E-state index is -0.852. The molecule has 13 aromatic rings. The normalized spacial score (nSPS) is 12.6. The largest absolute Gasteiger partial charge is 0.455 e. The predicted molar refractivity (Wildman–Crippen MR) is 293 cm³/mol. The monoisotopic (exact) mass is 908 g/mol. The van der Waals surface area contributed by atoms with Gasteiger partial charge in [-0.1, -0.05) is 194 Å². The maximum atomic E-state index is 7.41. The number of fused-ring (bicyclic) bond motifs is 11. The molecule has 71 heavy (non-hydrogen) atoms. The molecule has 4 heteroatoms. The van der Waals surface area contributed by atoms with E-state index in [1.165, 1.54) is 5.56 Å². The summed E-state index contributed by atoms with van der Waals surface area (Å²) in [6.07, 6.45) is 0. The van der Waals surface area contributed by atoms with E-state index in [2.05, 4.69) is 277 Å². The molecule has 14 rings (SSSR count). The highest BCUT2D eigenvalue weighted by atomic mass is 16.3. The van der Waals surface area contributed by atoms with Gasteiger partial charge in [0, 0.05) is 50.0 Å². The molecule has 1 aliphatic rings. The van der Waals surface area contributed by atoms with E-state index < -0.39 is 5.41 Å². The van der Waals surface area contributed by atoms with Crippen LogP contribution in [0.5, 0.6) is 0 Å². The molecule has 0 spiro atoms. The van der Waals surface area contributed by atoms with Crippen LogP contribution in [0.15, 0.2) is 276 Å². The second-order valence-corrected chi connectivity index (χ2v) is 18.3. The van der Waals surface area contributed by atoms with Crippen LogP contribution in [0.3, 0.4) is 0 Å². The fraction of sp³-hybridized carbons (Fsp3) is 0.0149. The van der Waals surface area contributed by atoms with E-state index in [1.807, 2.05) is 0 Å². The average Bonchev–Trinajstić information content (AvgIpc) is 4.13. The molecule has 0 atom stereocenters. The minimum Gasteiger partial charge on any atom is -0.455 e. The van der Waals surface area contributed by atoms with E-state index in [0.29, 0.717) is 0 Å². The van der Waals surface area contributed by atoms with Gasteiger partial charge in [-0.05, 0) is 106 Å². The Morgan fingerprint density at radius 2 is 0.676 bits per heavy atom. The van der Waals surface area contributed by atoms with Gasteiger partial charge >= 0.3 is 0 Å². The summed E-state index contributed by atoms with van der Waals surface area (Å²) in [5, 5.41) is 4.18. The van der Waals surface area contributed by atoms with Crippen molar-refractivity contribution in [1.82, 2.24) is 0 Å². The van der Waals surface area contributed by atoms with Crippen LogP contribution < -0.4 is 9.80 Å². The lowest BCUT2D eigenvalue weighted by atomic mass is 9.67. The van der Waals surface area contributed by atoms with Gasteiger partial charge in [0.1, 0.15) is 16.7 Å². The van der Waals surface area contributed by atoms with Gasteiger partial charge in [0.05, 0.1) is 22.2 Å². The van der Waals surface area contributed by atoms with E-state index >= 15 is 0 Å². The summed E-state index contributed by atoms with van der Waals surface area (Å²) in [6.45, 7) is 0. The summed E-state index contributed by atoms with van der Waals surface area (Å²) in [5.41, 5.74) is 17.6. The summed E-state index contributed by atoms with van der Waals surface area (Å²) < 4.78 is 14.7. The maximum absolute atomic E-state index is 7.41. The molecule has 334 valence electrons. The Hall–Kier alpha value is -9.38. The third-order valence-electron chi connectivity index (χ3n) is 14.5. The van der Waals surface area contributed by atoms with Crippen molar-refractivity contribution in [3.63, 3.8) is 0 Å². The molecule has 0 fully saturated rings. The van der Waals surface area contributed by atoms with Gasteiger partial charge in [0.25, 0.3) is 0 Å². The molecule has 2 heterocycles. The van der Waals surface area contributed by atoms with Gasteiger partial charge in [-0.3, -0.25) is 0 Å². The Morgan fingerprint density at radius 1 is 0.296 bits per heavy atom. The Labute approximate surface area is 411 Å². The highest BCUT2D eigenvalue weighted by Gasteiger charge is 2.50. The fourth-order valence-electron chi connectivity index (χ4n) is 11.5. The van der Waals surface area contributed by atoms with Crippen molar-refractivity contribution in [2.75, 3.05) is 9.80 Å². The van der Waals surface area contributed by atoms with Crippen molar-refractivity contribution in [1.29, 1.82) is 0 Å². The maximum Gasteiger partial charge on any atom is 0.160 e. The molecular formula is C67H44N2O2. The lowest BCUT2D eigenvalue weighted by Gasteiger charge is -2.36. The topological polar surface area (TPSA) is 32.8 Å². The number of nitrogens with zero attached hydrogens (tertiary/aromatic N) is 2. The first-order chi connectivity index (χ1) is 35.3. The van der Waals surface area contributed by atoms with Gasteiger partial charge in [0.15, 0.2) is 5.58 Å². The van der Waals surface area contributed by atoms with Crippen molar-refractivity contribution in [3.05, 3.63) is 289 Å². The molecule has 0 N–H and O–H groups in total. The van der Waals surface area contributed by atoms with Gasteiger partial charge in [0.2, 0.25) is 0 Å². The van der Waals surface area contributed by atoms with Gasteiger partial charge in [-0.15, -0.1) is 0 Å². The number of hydrogen-bond acceptors (Lipinski definition) is 4. The number of furan rings is 2. The molecule has 0 aliphatic heterocycles. The Kier molecular flexibility index (Phi) is 9.39. The van der Waals surface area contributed by atoms with E-state index in [0.717, 1.165) is 117 Å². The van der Waals surface area contributed by atoms with Crippen LogP contribution in [-0.4, -0.2) is 0 Å². The summed E-state index contributed by atoms with van der Waals surface area (Å²) in [5.74, 6) is 0. The first-order valence-electron chi connectivity index (χ1n) is 24.3. The summed E-state index contributed by atoms with van der Waals surface area (Å²) in [4.78, 5) is 4.77. The summed E-state index contributed by atoms with van der Waals surface area (Å²) in [7, 11) is 0. The highest BCUT2D eigenvalue weighted by molar-refractivity contribution is 6.26. The molecule has 11 aromatic carbocycles. The molecule has 0 amide bonds.